The van der Waals surface area contributed by atoms with Crippen molar-refractivity contribution in [3.63, 3.8) is 0 Å². The van der Waals surface area contributed by atoms with Crippen LogP contribution in [0.5, 0.6) is 11.5 Å². The summed E-state index contributed by atoms with van der Waals surface area (Å²) in [5, 5.41) is 4.28. The Morgan fingerprint density at radius 2 is 1.06 bits per heavy atom. The van der Waals surface area contributed by atoms with Crippen LogP contribution in [0.25, 0.3) is 20.9 Å². The Bertz CT molecular complexity index is 845. The van der Waals surface area contributed by atoms with E-state index in [0.717, 1.165) is 48.7 Å². The summed E-state index contributed by atoms with van der Waals surface area (Å²) in [6.07, 6.45) is 15.3. The van der Waals surface area contributed by atoms with Gasteiger partial charge in [-0.05, 0) is 47.9 Å². The van der Waals surface area contributed by atoms with Gasteiger partial charge in [0.05, 0.1) is 13.2 Å². The van der Waals surface area contributed by atoms with Gasteiger partial charge in [-0.25, -0.2) is 0 Å². The predicted molar refractivity (Wildman–Crippen MR) is 151 cm³/mol. The second-order valence-electron chi connectivity index (χ2n) is 9.03. The van der Waals surface area contributed by atoms with Gasteiger partial charge >= 0.3 is 0 Å². The van der Waals surface area contributed by atoms with E-state index in [2.05, 4.69) is 61.0 Å². The molecule has 0 spiro atoms. The van der Waals surface area contributed by atoms with Crippen molar-refractivity contribution >= 4 is 22.7 Å². The van der Waals surface area contributed by atoms with Crippen LogP contribution in [0.1, 0.15) is 90.9 Å². The summed E-state index contributed by atoms with van der Waals surface area (Å²) in [7, 11) is 0. The zero-order valence-electron chi connectivity index (χ0n) is 21.2. The molecule has 2 heterocycles. The molecule has 0 radical (unpaired) electrons. The van der Waals surface area contributed by atoms with Gasteiger partial charge in [-0.2, -0.15) is 0 Å². The van der Waals surface area contributed by atoms with Crippen LogP contribution < -0.4 is 9.47 Å². The van der Waals surface area contributed by atoms with E-state index < -0.39 is 0 Å². The lowest BCUT2D eigenvalue weighted by molar-refractivity contribution is 0.298. The molecule has 0 saturated heterocycles. The number of unbranched alkanes of at least 4 members (excludes halogenated alkanes) is 10. The number of hydrogen-bond acceptors (Lipinski definition) is 4. The first-order valence-corrected chi connectivity index (χ1v) is 15.1. The minimum Gasteiger partial charge on any atom is -0.494 e. The third kappa shape index (κ3) is 8.78. The smallest absolute Gasteiger partial charge is 0.136 e. The molecule has 186 valence electrons. The van der Waals surface area contributed by atoms with E-state index in [1.807, 2.05) is 0 Å². The molecule has 3 aromatic rings. The molecule has 0 amide bonds. The van der Waals surface area contributed by atoms with Crippen LogP contribution in [-0.4, -0.2) is 13.2 Å². The Balaban J connectivity index is 1.72. The topological polar surface area (TPSA) is 18.5 Å². The second-order valence-corrected chi connectivity index (χ2v) is 10.9. The normalized spacial score (nSPS) is 11.1. The van der Waals surface area contributed by atoms with Crippen molar-refractivity contribution in [3.8, 4) is 32.4 Å². The number of thiophene rings is 2. The maximum Gasteiger partial charge on any atom is 0.136 e. The Kier molecular flexibility index (Phi) is 12.6. The van der Waals surface area contributed by atoms with Crippen molar-refractivity contribution < 1.29 is 9.47 Å². The lowest BCUT2D eigenvalue weighted by Crippen LogP contribution is -2.02. The summed E-state index contributed by atoms with van der Waals surface area (Å²) in [5.41, 5.74) is 2.31. The van der Waals surface area contributed by atoms with Crippen LogP contribution in [0.3, 0.4) is 0 Å². The number of ether oxygens (including phenoxy) is 2. The maximum atomic E-state index is 6.52. The minimum atomic E-state index is 0.765. The third-order valence-corrected chi connectivity index (χ3v) is 7.95. The van der Waals surface area contributed by atoms with Gasteiger partial charge in [-0.1, -0.05) is 90.2 Å². The molecule has 0 atom stereocenters. The van der Waals surface area contributed by atoms with Crippen LogP contribution >= 0.6 is 22.7 Å². The molecule has 2 aromatic heterocycles. The molecule has 0 unspecified atom stereocenters. The zero-order valence-corrected chi connectivity index (χ0v) is 22.8. The molecule has 1 aromatic carbocycles. The average Bonchev–Trinajstić information content (AvgIpc) is 3.58. The highest BCUT2D eigenvalue weighted by Gasteiger charge is 2.18. The summed E-state index contributed by atoms with van der Waals surface area (Å²) in [6.45, 7) is 6.07. The Morgan fingerprint density at radius 3 is 1.53 bits per heavy atom. The lowest BCUT2D eigenvalue weighted by Gasteiger charge is -2.18. The highest BCUT2D eigenvalue weighted by Crippen LogP contribution is 2.45. The lowest BCUT2D eigenvalue weighted by atomic mass is 10.0. The fraction of sp³-hybridized carbons (Fsp3) is 0.533. The molecule has 0 aliphatic heterocycles. The summed E-state index contributed by atoms with van der Waals surface area (Å²) < 4.78 is 12.8. The van der Waals surface area contributed by atoms with Crippen molar-refractivity contribution in [2.45, 2.75) is 90.9 Å². The van der Waals surface area contributed by atoms with Gasteiger partial charge < -0.3 is 9.47 Å². The van der Waals surface area contributed by atoms with Crippen LogP contribution in [0.4, 0.5) is 0 Å². The number of benzene rings is 1. The second kappa shape index (κ2) is 16.0. The predicted octanol–water partition coefficient (Wildman–Crippen LogP) is 10.6. The van der Waals surface area contributed by atoms with Crippen LogP contribution in [0, 0.1) is 0 Å². The van der Waals surface area contributed by atoms with Crippen LogP contribution in [-0.2, 0) is 0 Å². The van der Waals surface area contributed by atoms with Crippen molar-refractivity contribution in [1.29, 1.82) is 0 Å². The molecule has 0 bridgehead atoms. The zero-order chi connectivity index (χ0) is 23.8. The molecule has 3 rings (SSSR count). The molecule has 4 heteroatoms. The summed E-state index contributed by atoms with van der Waals surface area (Å²) in [6, 6.07) is 13.0. The van der Waals surface area contributed by atoms with Gasteiger partial charge in [-0.3, -0.25) is 0 Å². The van der Waals surface area contributed by atoms with E-state index in [1.54, 1.807) is 22.7 Å². The van der Waals surface area contributed by atoms with E-state index in [4.69, 9.17) is 9.47 Å². The molecular weight excluding hydrogens is 456 g/mol. The van der Waals surface area contributed by atoms with Gasteiger partial charge in [0.2, 0.25) is 0 Å². The van der Waals surface area contributed by atoms with Gasteiger partial charge in [0.1, 0.15) is 11.5 Å². The van der Waals surface area contributed by atoms with E-state index in [0.29, 0.717) is 0 Å². The summed E-state index contributed by atoms with van der Waals surface area (Å²) in [4.78, 5) is 2.47. The molecule has 0 saturated carbocycles. The molecule has 2 nitrogen and oxygen atoms in total. The Hall–Kier alpha value is -1.78. The standard InChI is InChI=1S/C30H42O2S2/c1-3-5-7-9-11-13-19-31-25-23-26(28-17-15-21-33-28)30(27(24-25)29-18-16-22-34-29)32-20-14-12-10-8-6-4-2/h15-18,21-24H,3-14,19-20H2,1-2H3. The summed E-state index contributed by atoms with van der Waals surface area (Å²) >= 11 is 3.53. The minimum absolute atomic E-state index is 0.765. The molecule has 0 fully saturated rings. The van der Waals surface area contributed by atoms with E-state index in [1.165, 1.54) is 74.0 Å². The van der Waals surface area contributed by atoms with Gasteiger partial charge in [0.25, 0.3) is 0 Å². The molecule has 0 N–H and O–H groups in total. The highest BCUT2D eigenvalue weighted by molar-refractivity contribution is 7.14. The third-order valence-electron chi connectivity index (χ3n) is 6.15. The van der Waals surface area contributed by atoms with Crippen LogP contribution in [0.2, 0.25) is 0 Å². The van der Waals surface area contributed by atoms with Gasteiger partial charge in [0, 0.05) is 20.9 Å². The molecular formula is C30H42O2S2. The van der Waals surface area contributed by atoms with Crippen molar-refractivity contribution in [2.75, 3.05) is 13.2 Å². The average molecular weight is 499 g/mol. The molecule has 34 heavy (non-hydrogen) atoms. The Labute approximate surface area is 215 Å². The first kappa shape index (κ1) is 26.8. The fourth-order valence-electron chi connectivity index (χ4n) is 4.20. The molecule has 0 aliphatic rings. The largest absolute Gasteiger partial charge is 0.494 e. The SMILES string of the molecule is CCCCCCCCOc1cc(-c2cccs2)c(OCCCCCCCC)c(-c2cccs2)c1. The van der Waals surface area contributed by atoms with E-state index in [9.17, 15) is 0 Å². The van der Waals surface area contributed by atoms with Crippen LogP contribution in [0.15, 0.2) is 47.2 Å². The quantitative estimate of drug-likeness (QED) is 0.162. The van der Waals surface area contributed by atoms with E-state index >= 15 is 0 Å². The van der Waals surface area contributed by atoms with E-state index in [-0.39, 0.29) is 0 Å². The highest BCUT2D eigenvalue weighted by atomic mass is 32.1. The maximum absolute atomic E-state index is 6.52. The number of hydrogen-bond donors (Lipinski definition) is 0. The van der Waals surface area contributed by atoms with Crippen molar-refractivity contribution in [3.05, 3.63) is 47.2 Å². The fourth-order valence-corrected chi connectivity index (χ4v) is 5.68. The summed E-state index contributed by atoms with van der Waals surface area (Å²) in [5.74, 6) is 1.96. The van der Waals surface area contributed by atoms with Crippen molar-refractivity contribution in [1.82, 2.24) is 0 Å². The van der Waals surface area contributed by atoms with Gasteiger partial charge in [0.15, 0.2) is 0 Å². The van der Waals surface area contributed by atoms with Gasteiger partial charge in [-0.15, -0.1) is 22.7 Å². The first-order chi connectivity index (χ1) is 16.8. The molecule has 0 aliphatic carbocycles. The monoisotopic (exact) mass is 498 g/mol. The Morgan fingerprint density at radius 1 is 0.588 bits per heavy atom. The number of rotatable bonds is 18. The first-order valence-electron chi connectivity index (χ1n) is 13.3. The van der Waals surface area contributed by atoms with Crippen molar-refractivity contribution in [2.24, 2.45) is 0 Å².